The van der Waals surface area contributed by atoms with Crippen molar-refractivity contribution in [1.82, 2.24) is 5.32 Å². The zero-order valence-electron chi connectivity index (χ0n) is 11.3. The van der Waals surface area contributed by atoms with E-state index in [2.05, 4.69) is 5.32 Å². The van der Waals surface area contributed by atoms with Gasteiger partial charge in [-0.1, -0.05) is 11.6 Å². The van der Waals surface area contributed by atoms with E-state index in [0.29, 0.717) is 10.9 Å². The van der Waals surface area contributed by atoms with E-state index in [1.807, 2.05) is 6.07 Å². The Hall–Kier alpha value is -1.07. The van der Waals surface area contributed by atoms with Gasteiger partial charge >= 0.3 is 5.97 Å². The molecule has 0 unspecified atom stereocenters. The summed E-state index contributed by atoms with van der Waals surface area (Å²) in [6.45, 7) is 5.83. The maximum absolute atomic E-state index is 11.5. The maximum atomic E-state index is 11.5. The van der Waals surface area contributed by atoms with Crippen LogP contribution in [-0.2, 0) is 20.9 Å². The maximum Gasteiger partial charge on any atom is 0.306 e. The fraction of sp³-hybridized carbons (Fsp3) is 0.538. The number of thiophene rings is 1. The van der Waals surface area contributed by atoms with Crippen molar-refractivity contribution in [2.24, 2.45) is 0 Å². The zero-order valence-corrected chi connectivity index (χ0v) is 12.9. The average Bonchev–Trinajstić information content (AvgIpc) is 2.67. The number of hydrogen-bond donors (Lipinski definition) is 1. The molecule has 19 heavy (non-hydrogen) atoms. The Morgan fingerprint density at radius 2 is 2.00 bits per heavy atom. The molecule has 6 heteroatoms. The lowest BCUT2D eigenvalue weighted by Gasteiger charge is -2.19. The van der Waals surface area contributed by atoms with Gasteiger partial charge in [-0.15, -0.1) is 11.3 Å². The van der Waals surface area contributed by atoms with Crippen LogP contribution in [0.5, 0.6) is 0 Å². The topological polar surface area (TPSA) is 55.4 Å². The van der Waals surface area contributed by atoms with Crippen LogP contribution in [0.4, 0.5) is 0 Å². The third-order valence-electron chi connectivity index (χ3n) is 2.06. The number of esters is 1. The summed E-state index contributed by atoms with van der Waals surface area (Å²) in [4.78, 5) is 24.0. The molecule has 0 saturated heterocycles. The van der Waals surface area contributed by atoms with E-state index < -0.39 is 5.60 Å². The van der Waals surface area contributed by atoms with Gasteiger partial charge < -0.3 is 10.1 Å². The smallest absolute Gasteiger partial charge is 0.306 e. The van der Waals surface area contributed by atoms with Crippen LogP contribution in [0.2, 0.25) is 4.34 Å². The van der Waals surface area contributed by atoms with Gasteiger partial charge in [0.05, 0.1) is 17.3 Å². The van der Waals surface area contributed by atoms with Gasteiger partial charge in [-0.05, 0) is 32.9 Å². The van der Waals surface area contributed by atoms with Crippen LogP contribution in [0.1, 0.15) is 38.5 Å². The Balaban J connectivity index is 2.23. The van der Waals surface area contributed by atoms with Crippen molar-refractivity contribution in [3.63, 3.8) is 0 Å². The first kappa shape index (κ1) is 16.0. The largest absolute Gasteiger partial charge is 0.460 e. The van der Waals surface area contributed by atoms with Crippen molar-refractivity contribution >= 4 is 34.8 Å². The summed E-state index contributed by atoms with van der Waals surface area (Å²) in [7, 11) is 0. The van der Waals surface area contributed by atoms with Gasteiger partial charge in [0.2, 0.25) is 5.91 Å². The van der Waals surface area contributed by atoms with Crippen molar-refractivity contribution < 1.29 is 14.3 Å². The summed E-state index contributed by atoms with van der Waals surface area (Å²) >= 11 is 7.21. The van der Waals surface area contributed by atoms with Gasteiger partial charge in [-0.2, -0.15) is 0 Å². The highest BCUT2D eigenvalue weighted by Gasteiger charge is 2.16. The predicted molar refractivity (Wildman–Crippen MR) is 76.3 cm³/mol. The molecule has 0 saturated carbocycles. The molecule has 0 radical (unpaired) electrons. The van der Waals surface area contributed by atoms with Crippen molar-refractivity contribution in [2.45, 2.75) is 45.8 Å². The number of carbonyl (C=O) groups is 2. The average molecular weight is 304 g/mol. The van der Waals surface area contributed by atoms with Crippen LogP contribution in [0.25, 0.3) is 0 Å². The molecule has 1 aromatic rings. The van der Waals surface area contributed by atoms with E-state index in [9.17, 15) is 9.59 Å². The molecule has 4 nitrogen and oxygen atoms in total. The zero-order chi connectivity index (χ0) is 14.5. The van der Waals surface area contributed by atoms with Crippen LogP contribution in [0.15, 0.2) is 12.1 Å². The number of rotatable bonds is 5. The molecule has 106 valence electrons. The van der Waals surface area contributed by atoms with Crippen LogP contribution in [-0.4, -0.2) is 17.5 Å². The minimum atomic E-state index is -0.513. The molecule has 0 aliphatic carbocycles. The molecular formula is C13H18ClNO3S. The van der Waals surface area contributed by atoms with Crippen molar-refractivity contribution in [3.8, 4) is 0 Å². The molecule has 1 rings (SSSR count). The minimum Gasteiger partial charge on any atom is -0.460 e. The summed E-state index contributed by atoms with van der Waals surface area (Å²) in [5.74, 6) is -0.530. The fourth-order valence-electron chi connectivity index (χ4n) is 1.33. The molecule has 0 aromatic carbocycles. The summed E-state index contributed by atoms with van der Waals surface area (Å²) < 4.78 is 5.81. The number of amides is 1. The van der Waals surface area contributed by atoms with Crippen molar-refractivity contribution in [3.05, 3.63) is 21.3 Å². The van der Waals surface area contributed by atoms with Gasteiger partial charge in [-0.3, -0.25) is 9.59 Å². The summed E-state index contributed by atoms with van der Waals surface area (Å²) in [5, 5.41) is 2.74. The van der Waals surface area contributed by atoms with E-state index in [4.69, 9.17) is 16.3 Å². The molecule has 0 bridgehead atoms. The monoisotopic (exact) mass is 303 g/mol. The fourth-order valence-corrected chi connectivity index (χ4v) is 2.36. The van der Waals surface area contributed by atoms with Gasteiger partial charge in [0.1, 0.15) is 5.60 Å². The van der Waals surface area contributed by atoms with Gasteiger partial charge in [0.25, 0.3) is 0 Å². The number of hydrogen-bond acceptors (Lipinski definition) is 4. The Kier molecular flexibility index (Phi) is 5.82. The highest BCUT2D eigenvalue weighted by molar-refractivity contribution is 7.16. The first-order valence-corrected chi connectivity index (χ1v) is 7.18. The van der Waals surface area contributed by atoms with Crippen LogP contribution in [0, 0.1) is 0 Å². The second-order valence-electron chi connectivity index (χ2n) is 5.07. The Morgan fingerprint density at radius 3 is 2.53 bits per heavy atom. The Labute approximate surface area is 122 Å². The van der Waals surface area contributed by atoms with Crippen LogP contribution < -0.4 is 5.32 Å². The first-order valence-electron chi connectivity index (χ1n) is 5.99. The van der Waals surface area contributed by atoms with Crippen LogP contribution >= 0.6 is 22.9 Å². The summed E-state index contributed by atoms with van der Waals surface area (Å²) in [5.41, 5.74) is -0.513. The molecule has 0 fully saturated rings. The third kappa shape index (κ3) is 7.18. The van der Waals surface area contributed by atoms with Crippen molar-refractivity contribution in [2.75, 3.05) is 0 Å². The number of carbonyl (C=O) groups excluding carboxylic acids is 2. The molecule has 0 aliphatic rings. The second kappa shape index (κ2) is 6.91. The molecule has 0 spiro atoms. The van der Waals surface area contributed by atoms with E-state index in [-0.39, 0.29) is 24.7 Å². The quantitative estimate of drug-likeness (QED) is 0.850. The van der Waals surface area contributed by atoms with Gasteiger partial charge in [0.15, 0.2) is 0 Å². The third-order valence-corrected chi connectivity index (χ3v) is 3.30. The molecule has 1 N–H and O–H groups in total. The summed E-state index contributed by atoms with van der Waals surface area (Å²) in [6, 6.07) is 3.65. The van der Waals surface area contributed by atoms with Crippen LogP contribution in [0.3, 0.4) is 0 Å². The summed E-state index contributed by atoms with van der Waals surface area (Å²) in [6.07, 6.45) is 0.225. The van der Waals surface area contributed by atoms with E-state index in [0.717, 1.165) is 4.88 Å². The normalized spacial score (nSPS) is 11.2. The number of nitrogens with one attached hydrogen (secondary N) is 1. The minimum absolute atomic E-state index is 0.0916. The Bertz CT molecular complexity index is 451. The second-order valence-corrected chi connectivity index (χ2v) is 6.87. The molecule has 1 amide bonds. The van der Waals surface area contributed by atoms with E-state index in [1.54, 1.807) is 26.8 Å². The lowest BCUT2D eigenvalue weighted by atomic mass is 10.2. The van der Waals surface area contributed by atoms with Gasteiger partial charge in [-0.25, -0.2) is 0 Å². The first-order chi connectivity index (χ1) is 8.76. The SMILES string of the molecule is CC(C)(C)OC(=O)CCC(=O)NCc1ccc(Cl)s1. The lowest BCUT2D eigenvalue weighted by molar-refractivity contribution is -0.155. The standard InChI is InChI=1S/C13H18ClNO3S/c1-13(2,3)18-12(17)7-6-11(16)15-8-9-4-5-10(14)19-9/h4-5H,6-8H2,1-3H3,(H,15,16). The van der Waals surface area contributed by atoms with Gasteiger partial charge in [0, 0.05) is 11.3 Å². The molecular weight excluding hydrogens is 286 g/mol. The number of ether oxygens (including phenoxy) is 1. The number of halogens is 1. The molecule has 0 aliphatic heterocycles. The molecule has 1 heterocycles. The Morgan fingerprint density at radius 1 is 1.32 bits per heavy atom. The highest BCUT2D eigenvalue weighted by Crippen LogP contribution is 2.21. The lowest BCUT2D eigenvalue weighted by Crippen LogP contribution is -2.26. The van der Waals surface area contributed by atoms with E-state index in [1.165, 1.54) is 11.3 Å². The molecule has 0 atom stereocenters. The van der Waals surface area contributed by atoms with E-state index >= 15 is 0 Å². The van der Waals surface area contributed by atoms with Crippen molar-refractivity contribution in [1.29, 1.82) is 0 Å². The predicted octanol–water partition coefficient (Wildman–Crippen LogP) is 3.14. The molecule has 1 aromatic heterocycles. The highest BCUT2D eigenvalue weighted by atomic mass is 35.5.